The highest BCUT2D eigenvalue weighted by molar-refractivity contribution is 8.00. The van der Waals surface area contributed by atoms with Crippen LogP contribution in [0.1, 0.15) is 13.3 Å². The van der Waals surface area contributed by atoms with Crippen LogP contribution in [0.4, 0.5) is 0 Å². The Morgan fingerprint density at radius 2 is 1.65 bits per heavy atom. The summed E-state index contributed by atoms with van der Waals surface area (Å²) in [6.07, 6.45) is 0.841. The zero-order valence-corrected chi connectivity index (χ0v) is 12.1. The van der Waals surface area contributed by atoms with Gasteiger partial charge in [-0.3, -0.25) is 4.79 Å². The topological polar surface area (TPSA) is 26.3 Å². The van der Waals surface area contributed by atoms with Crippen molar-refractivity contribution in [1.29, 1.82) is 0 Å². The minimum absolute atomic E-state index is 0.0450. The molecular formula is C17H16O2S. The molecule has 0 saturated carbocycles. The van der Waals surface area contributed by atoms with Gasteiger partial charge in [0.05, 0.1) is 0 Å². The molecule has 20 heavy (non-hydrogen) atoms. The van der Waals surface area contributed by atoms with E-state index in [1.165, 1.54) is 11.1 Å². The van der Waals surface area contributed by atoms with Crippen molar-refractivity contribution in [2.45, 2.75) is 29.6 Å². The van der Waals surface area contributed by atoms with E-state index in [-0.39, 0.29) is 17.3 Å². The molecule has 0 bridgehead atoms. The van der Waals surface area contributed by atoms with Crippen LogP contribution < -0.4 is 0 Å². The Morgan fingerprint density at radius 1 is 1.00 bits per heavy atom. The summed E-state index contributed by atoms with van der Waals surface area (Å²) in [6, 6.07) is 18.6. The Bertz CT molecular complexity index is 592. The molecule has 1 heterocycles. The highest BCUT2D eigenvalue weighted by Gasteiger charge is 2.32. The van der Waals surface area contributed by atoms with Gasteiger partial charge in [0.2, 0.25) is 0 Å². The van der Waals surface area contributed by atoms with E-state index in [0.29, 0.717) is 0 Å². The van der Waals surface area contributed by atoms with Crippen molar-refractivity contribution in [2.24, 2.45) is 0 Å². The maximum Gasteiger partial charge on any atom is 0.319 e. The second kappa shape index (κ2) is 5.71. The molecule has 0 amide bonds. The van der Waals surface area contributed by atoms with Gasteiger partial charge in [-0.05, 0) is 30.2 Å². The van der Waals surface area contributed by atoms with Crippen LogP contribution >= 0.6 is 11.8 Å². The van der Waals surface area contributed by atoms with E-state index in [0.717, 1.165) is 11.3 Å². The molecule has 0 spiro atoms. The quantitative estimate of drug-likeness (QED) is 0.792. The molecule has 2 aromatic carbocycles. The van der Waals surface area contributed by atoms with E-state index in [9.17, 15) is 4.79 Å². The van der Waals surface area contributed by atoms with Crippen LogP contribution in [-0.4, -0.2) is 17.3 Å². The van der Waals surface area contributed by atoms with E-state index >= 15 is 0 Å². The Balaban J connectivity index is 1.72. The lowest BCUT2D eigenvalue weighted by Crippen LogP contribution is -2.08. The molecular weight excluding hydrogens is 268 g/mol. The summed E-state index contributed by atoms with van der Waals surface area (Å²) in [4.78, 5) is 12.7. The highest BCUT2D eigenvalue weighted by atomic mass is 32.2. The van der Waals surface area contributed by atoms with Gasteiger partial charge in [-0.1, -0.05) is 42.5 Å². The smallest absolute Gasteiger partial charge is 0.319 e. The van der Waals surface area contributed by atoms with E-state index in [4.69, 9.17) is 4.74 Å². The standard InChI is InChI=1S/C17H16O2S/c1-12-11-16(17(18)19-12)20-15-9-7-14(8-10-15)13-5-3-2-4-6-13/h2-10,12,16H,11H2,1H3/t12-,16-/m0/s1. The molecule has 1 fully saturated rings. The third-order valence-electron chi connectivity index (χ3n) is 3.37. The fraction of sp³-hybridized carbons (Fsp3) is 0.235. The van der Waals surface area contributed by atoms with Crippen molar-refractivity contribution in [3.63, 3.8) is 0 Å². The molecule has 1 aliphatic rings. The number of hydrogen-bond donors (Lipinski definition) is 0. The van der Waals surface area contributed by atoms with Crippen molar-refractivity contribution in [1.82, 2.24) is 0 Å². The molecule has 1 saturated heterocycles. The number of cyclic esters (lactones) is 1. The van der Waals surface area contributed by atoms with Gasteiger partial charge in [0, 0.05) is 11.3 Å². The van der Waals surface area contributed by atoms with Gasteiger partial charge in [0.1, 0.15) is 11.4 Å². The summed E-state index contributed by atoms with van der Waals surface area (Å²) < 4.78 is 5.18. The average molecular weight is 284 g/mol. The van der Waals surface area contributed by atoms with Crippen molar-refractivity contribution in [2.75, 3.05) is 0 Å². The summed E-state index contributed by atoms with van der Waals surface area (Å²) in [5, 5.41) is -0.0624. The van der Waals surface area contributed by atoms with Crippen LogP contribution in [-0.2, 0) is 9.53 Å². The summed E-state index contributed by atoms with van der Waals surface area (Å²) >= 11 is 1.59. The number of hydrogen-bond acceptors (Lipinski definition) is 3. The maximum absolute atomic E-state index is 11.6. The number of carbonyl (C=O) groups excluding carboxylic acids is 1. The first-order valence-electron chi connectivity index (χ1n) is 6.75. The number of rotatable bonds is 3. The molecule has 0 N–H and O–H groups in total. The van der Waals surface area contributed by atoms with Crippen molar-refractivity contribution in [3.8, 4) is 11.1 Å². The molecule has 102 valence electrons. The Hall–Kier alpha value is -1.74. The molecule has 1 aliphatic heterocycles. The lowest BCUT2D eigenvalue weighted by Gasteiger charge is -2.07. The molecule has 0 unspecified atom stereocenters. The molecule has 0 aromatic heterocycles. The first-order valence-corrected chi connectivity index (χ1v) is 7.63. The summed E-state index contributed by atoms with van der Waals surface area (Å²) in [7, 11) is 0. The van der Waals surface area contributed by atoms with Crippen LogP contribution in [0.25, 0.3) is 11.1 Å². The van der Waals surface area contributed by atoms with Gasteiger partial charge in [0.25, 0.3) is 0 Å². The first-order chi connectivity index (χ1) is 9.72. The molecule has 3 rings (SSSR count). The van der Waals surface area contributed by atoms with E-state index < -0.39 is 0 Å². The minimum Gasteiger partial charge on any atom is -0.462 e. The number of esters is 1. The zero-order valence-electron chi connectivity index (χ0n) is 11.3. The second-order valence-electron chi connectivity index (χ2n) is 4.98. The van der Waals surface area contributed by atoms with Crippen LogP contribution in [0.5, 0.6) is 0 Å². The first kappa shape index (κ1) is 13.3. The summed E-state index contributed by atoms with van der Waals surface area (Å²) in [5.41, 5.74) is 2.40. The Labute approximate surface area is 123 Å². The van der Waals surface area contributed by atoms with Gasteiger partial charge >= 0.3 is 5.97 Å². The van der Waals surface area contributed by atoms with Crippen LogP contribution in [0, 0.1) is 0 Å². The molecule has 2 nitrogen and oxygen atoms in total. The third kappa shape index (κ3) is 2.88. The molecule has 0 radical (unpaired) electrons. The van der Waals surface area contributed by atoms with Crippen molar-refractivity contribution in [3.05, 3.63) is 54.6 Å². The van der Waals surface area contributed by atoms with E-state index in [2.05, 4.69) is 36.4 Å². The van der Waals surface area contributed by atoms with Gasteiger partial charge in [-0.2, -0.15) is 0 Å². The van der Waals surface area contributed by atoms with Gasteiger partial charge < -0.3 is 4.74 Å². The lowest BCUT2D eigenvalue weighted by atomic mass is 10.1. The van der Waals surface area contributed by atoms with Crippen LogP contribution in [0.15, 0.2) is 59.5 Å². The van der Waals surface area contributed by atoms with E-state index in [1.54, 1.807) is 11.8 Å². The number of ether oxygens (including phenoxy) is 1. The Kier molecular flexibility index (Phi) is 3.79. The van der Waals surface area contributed by atoms with Gasteiger partial charge in [-0.25, -0.2) is 0 Å². The van der Waals surface area contributed by atoms with Gasteiger partial charge in [0.15, 0.2) is 0 Å². The summed E-state index contributed by atoms with van der Waals surface area (Å²) in [5.74, 6) is -0.0883. The predicted molar refractivity (Wildman–Crippen MR) is 81.7 cm³/mol. The maximum atomic E-state index is 11.6. The predicted octanol–water partition coefficient (Wildman–Crippen LogP) is 4.15. The minimum atomic E-state index is -0.0883. The fourth-order valence-electron chi connectivity index (χ4n) is 2.34. The van der Waals surface area contributed by atoms with Crippen molar-refractivity contribution >= 4 is 17.7 Å². The third-order valence-corrected chi connectivity index (χ3v) is 4.58. The van der Waals surface area contributed by atoms with Crippen LogP contribution in [0.3, 0.4) is 0 Å². The lowest BCUT2D eigenvalue weighted by molar-refractivity contribution is -0.140. The second-order valence-corrected chi connectivity index (χ2v) is 6.26. The average Bonchev–Trinajstić information content (AvgIpc) is 2.79. The zero-order chi connectivity index (χ0) is 13.9. The molecule has 0 aliphatic carbocycles. The number of thioether (sulfide) groups is 1. The largest absolute Gasteiger partial charge is 0.462 e. The van der Waals surface area contributed by atoms with E-state index in [1.807, 2.05) is 25.1 Å². The SMILES string of the molecule is C[C@H]1C[C@H](Sc2ccc(-c3ccccc3)cc2)C(=O)O1. The Morgan fingerprint density at radius 3 is 2.25 bits per heavy atom. The van der Waals surface area contributed by atoms with Crippen LogP contribution in [0.2, 0.25) is 0 Å². The number of carbonyl (C=O) groups is 1. The fourth-order valence-corrected chi connectivity index (χ4v) is 3.48. The highest BCUT2D eigenvalue weighted by Crippen LogP contribution is 2.33. The van der Waals surface area contributed by atoms with Crippen molar-refractivity contribution < 1.29 is 9.53 Å². The molecule has 2 aromatic rings. The number of benzene rings is 2. The van der Waals surface area contributed by atoms with Gasteiger partial charge in [-0.15, -0.1) is 11.8 Å². The monoisotopic (exact) mass is 284 g/mol. The summed E-state index contributed by atoms with van der Waals surface area (Å²) in [6.45, 7) is 1.94. The molecule has 2 atom stereocenters. The molecule has 3 heteroatoms. The normalized spacial score (nSPS) is 21.8.